The Hall–Kier alpha value is -1.10. The van der Waals surface area contributed by atoms with Crippen LogP contribution in [0.2, 0.25) is 0 Å². The first-order valence-electron chi connectivity index (χ1n) is 4.55. The Bertz CT molecular complexity index is 418. The van der Waals surface area contributed by atoms with Crippen molar-refractivity contribution in [3.63, 3.8) is 0 Å². The summed E-state index contributed by atoms with van der Waals surface area (Å²) < 4.78 is 24.9. The summed E-state index contributed by atoms with van der Waals surface area (Å²) in [6.07, 6.45) is -3.11. The van der Waals surface area contributed by atoms with E-state index in [4.69, 9.17) is 0 Å². The number of benzene rings is 1. The maximum Gasteiger partial charge on any atom is 0.296 e. The van der Waals surface area contributed by atoms with Crippen LogP contribution in [0.1, 0.15) is 17.3 Å². The van der Waals surface area contributed by atoms with E-state index in [0.29, 0.717) is 4.47 Å². The smallest absolute Gasteiger partial charge is 0.293 e. The molecule has 5 heteroatoms. The van der Waals surface area contributed by atoms with Gasteiger partial charge >= 0.3 is 0 Å². The van der Waals surface area contributed by atoms with Crippen LogP contribution in [0, 0.1) is 5.92 Å². The van der Waals surface area contributed by atoms with Gasteiger partial charge in [-0.15, -0.1) is 0 Å². The zero-order valence-electron chi connectivity index (χ0n) is 8.41. The van der Waals surface area contributed by atoms with Gasteiger partial charge in [-0.2, -0.15) is 0 Å². The highest BCUT2D eigenvalue weighted by molar-refractivity contribution is 9.10. The third-order valence-corrected chi connectivity index (χ3v) is 2.64. The first-order valence-corrected chi connectivity index (χ1v) is 5.34. The zero-order valence-corrected chi connectivity index (χ0v) is 10.0. The fourth-order valence-corrected chi connectivity index (χ4v) is 1.61. The summed E-state index contributed by atoms with van der Waals surface area (Å²) in [5, 5.41) is 0. The molecular weight excluding hydrogens is 282 g/mol. The first kappa shape index (κ1) is 13.0. The molecule has 2 nitrogen and oxygen atoms in total. The molecule has 0 bridgehead atoms. The predicted molar refractivity (Wildman–Crippen MR) is 58.6 cm³/mol. The molecule has 1 rings (SSSR count). The van der Waals surface area contributed by atoms with Gasteiger partial charge in [-0.1, -0.05) is 28.1 Å². The van der Waals surface area contributed by atoms with Crippen molar-refractivity contribution in [1.29, 1.82) is 0 Å². The van der Waals surface area contributed by atoms with Gasteiger partial charge < -0.3 is 0 Å². The number of hydrogen-bond donors (Lipinski definition) is 0. The van der Waals surface area contributed by atoms with E-state index in [1.165, 1.54) is 19.1 Å². The summed E-state index contributed by atoms with van der Waals surface area (Å²) in [5.74, 6) is -3.24. The molecule has 1 aromatic carbocycles. The molecule has 0 amide bonds. The second-order valence-electron chi connectivity index (χ2n) is 3.30. The van der Waals surface area contributed by atoms with Crippen molar-refractivity contribution < 1.29 is 18.4 Å². The molecular formula is C11H9BrF2O2. The molecule has 16 heavy (non-hydrogen) atoms. The summed E-state index contributed by atoms with van der Waals surface area (Å²) in [6.45, 7) is 1.19. The summed E-state index contributed by atoms with van der Waals surface area (Å²) in [4.78, 5) is 22.6. The highest BCUT2D eigenvalue weighted by Gasteiger charge is 2.29. The Morgan fingerprint density at radius 2 is 1.94 bits per heavy atom. The van der Waals surface area contributed by atoms with Gasteiger partial charge in [0, 0.05) is 10.0 Å². The van der Waals surface area contributed by atoms with Gasteiger partial charge in [0.15, 0.2) is 5.78 Å². The Morgan fingerprint density at radius 3 is 2.44 bits per heavy atom. The lowest BCUT2D eigenvalue weighted by Gasteiger charge is -2.08. The predicted octanol–water partition coefficient (Wildman–Crippen LogP) is 3.10. The Balaban J connectivity index is 2.90. The highest BCUT2D eigenvalue weighted by atomic mass is 79.9. The summed E-state index contributed by atoms with van der Waals surface area (Å²) in [5.41, 5.74) is 0.246. The SMILES string of the molecule is CC(C(=O)c1cccc(Br)c1)C(=O)C(F)F. The molecule has 0 N–H and O–H groups in total. The molecule has 0 radical (unpaired) electrons. The maximum atomic E-state index is 12.1. The van der Waals surface area contributed by atoms with Crippen LogP contribution in [0.4, 0.5) is 8.78 Å². The van der Waals surface area contributed by atoms with Crippen molar-refractivity contribution in [2.75, 3.05) is 0 Å². The van der Waals surface area contributed by atoms with E-state index < -0.39 is 23.9 Å². The maximum absolute atomic E-state index is 12.1. The van der Waals surface area contributed by atoms with Crippen LogP contribution in [0.5, 0.6) is 0 Å². The minimum Gasteiger partial charge on any atom is -0.293 e. The van der Waals surface area contributed by atoms with Gasteiger partial charge in [0.1, 0.15) is 0 Å². The van der Waals surface area contributed by atoms with E-state index in [0.717, 1.165) is 0 Å². The number of carbonyl (C=O) groups excluding carboxylic acids is 2. The van der Waals surface area contributed by atoms with Crippen molar-refractivity contribution in [1.82, 2.24) is 0 Å². The summed E-state index contributed by atoms with van der Waals surface area (Å²) in [7, 11) is 0. The number of alkyl halides is 2. The van der Waals surface area contributed by atoms with Crippen LogP contribution in [-0.2, 0) is 4.79 Å². The van der Waals surface area contributed by atoms with Crippen LogP contribution >= 0.6 is 15.9 Å². The standard InChI is InChI=1S/C11H9BrF2O2/c1-6(10(16)11(13)14)9(15)7-3-2-4-8(12)5-7/h2-6,11H,1H3. The van der Waals surface area contributed by atoms with E-state index in [1.807, 2.05) is 0 Å². The van der Waals surface area contributed by atoms with Crippen LogP contribution in [-0.4, -0.2) is 18.0 Å². The van der Waals surface area contributed by atoms with Crippen molar-refractivity contribution in [2.24, 2.45) is 5.92 Å². The minimum atomic E-state index is -3.11. The van der Waals surface area contributed by atoms with Gasteiger partial charge in [-0.3, -0.25) is 9.59 Å². The summed E-state index contributed by atoms with van der Waals surface area (Å²) >= 11 is 3.16. The molecule has 1 unspecified atom stereocenters. The van der Waals surface area contributed by atoms with E-state index in [9.17, 15) is 18.4 Å². The first-order chi connectivity index (χ1) is 7.43. The monoisotopic (exact) mass is 290 g/mol. The average molecular weight is 291 g/mol. The number of halogens is 3. The third-order valence-electron chi connectivity index (χ3n) is 2.14. The molecule has 0 spiro atoms. The van der Waals surface area contributed by atoms with Crippen molar-refractivity contribution in [3.8, 4) is 0 Å². The van der Waals surface area contributed by atoms with Gasteiger partial charge in [0.2, 0.25) is 5.78 Å². The molecule has 0 aliphatic rings. The number of Topliss-reactive ketones (excluding diaryl/α,β-unsaturated/α-hetero) is 2. The lowest BCUT2D eigenvalue weighted by Crippen LogP contribution is -2.26. The number of carbonyl (C=O) groups is 2. The van der Waals surface area contributed by atoms with Gasteiger partial charge in [0.25, 0.3) is 6.43 Å². The number of ketones is 2. The Morgan fingerprint density at radius 1 is 1.31 bits per heavy atom. The van der Waals surface area contributed by atoms with E-state index in [-0.39, 0.29) is 5.56 Å². The highest BCUT2D eigenvalue weighted by Crippen LogP contribution is 2.17. The molecule has 0 fully saturated rings. The fraction of sp³-hybridized carbons (Fsp3) is 0.273. The fourth-order valence-electron chi connectivity index (χ4n) is 1.21. The topological polar surface area (TPSA) is 34.1 Å². The van der Waals surface area contributed by atoms with Crippen molar-refractivity contribution >= 4 is 27.5 Å². The van der Waals surface area contributed by atoms with E-state index >= 15 is 0 Å². The van der Waals surface area contributed by atoms with E-state index in [2.05, 4.69) is 15.9 Å². The Labute approximate surface area is 99.8 Å². The van der Waals surface area contributed by atoms with Gasteiger partial charge in [-0.25, -0.2) is 8.78 Å². The molecule has 0 aliphatic carbocycles. The second kappa shape index (κ2) is 5.30. The minimum absolute atomic E-state index is 0.246. The van der Waals surface area contributed by atoms with Crippen LogP contribution in [0.15, 0.2) is 28.7 Å². The quantitative estimate of drug-likeness (QED) is 0.631. The van der Waals surface area contributed by atoms with Gasteiger partial charge in [-0.05, 0) is 19.1 Å². The van der Waals surface area contributed by atoms with Gasteiger partial charge in [0.05, 0.1) is 5.92 Å². The molecule has 1 atom stereocenters. The largest absolute Gasteiger partial charge is 0.296 e. The lowest BCUT2D eigenvalue weighted by atomic mass is 9.96. The second-order valence-corrected chi connectivity index (χ2v) is 4.22. The lowest BCUT2D eigenvalue weighted by molar-refractivity contribution is -0.131. The number of hydrogen-bond acceptors (Lipinski definition) is 2. The molecule has 86 valence electrons. The Kier molecular flexibility index (Phi) is 4.29. The summed E-state index contributed by atoms with van der Waals surface area (Å²) in [6, 6.07) is 6.30. The third kappa shape index (κ3) is 2.95. The van der Waals surface area contributed by atoms with Crippen LogP contribution in [0.25, 0.3) is 0 Å². The molecule has 0 saturated heterocycles. The molecule has 0 aromatic heterocycles. The number of rotatable bonds is 4. The molecule has 0 aliphatic heterocycles. The normalized spacial score (nSPS) is 12.6. The van der Waals surface area contributed by atoms with E-state index in [1.54, 1.807) is 12.1 Å². The zero-order chi connectivity index (χ0) is 12.3. The molecule has 0 saturated carbocycles. The van der Waals surface area contributed by atoms with Crippen molar-refractivity contribution in [3.05, 3.63) is 34.3 Å². The van der Waals surface area contributed by atoms with Crippen molar-refractivity contribution in [2.45, 2.75) is 13.3 Å². The average Bonchev–Trinajstić information content (AvgIpc) is 2.26. The molecule has 1 aromatic rings. The van der Waals surface area contributed by atoms with Crippen LogP contribution in [0.3, 0.4) is 0 Å². The molecule has 0 heterocycles. The van der Waals surface area contributed by atoms with Crippen LogP contribution < -0.4 is 0 Å².